The first-order valence-corrected chi connectivity index (χ1v) is 7.59. The minimum Gasteiger partial charge on any atom is -0.296 e. The number of hydrogen-bond acceptors (Lipinski definition) is 3. The summed E-state index contributed by atoms with van der Waals surface area (Å²) < 4.78 is 1.86. The molecule has 1 N–H and O–H groups in total. The highest BCUT2D eigenvalue weighted by atomic mass is 16.2. The summed E-state index contributed by atoms with van der Waals surface area (Å²) in [7, 11) is 1.91. The molecule has 3 rings (SSSR count). The van der Waals surface area contributed by atoms with Gasteiger partial charge in [0.05, 0.1) is 17.1 Å². The van der Waals surface area contributed by atoms with Gasteiger partial charge in [-0.1, -0.05) is 39.0 Å². The Morgan fingerprint density at radius 2 is 2.00 bits per heavy atom. The zero-order chi connectivity index (χ0) is 16.1. The minimum absolute atomic E-state index is 0.00460. The first kappa shape index (κ1) is 14.8. The largest absolute Gasteiger partial charge is 0.296 e. The van der Waals surface area contributed by atoms with Gasteiger partial charge in [0.2, 0.25) is 11.8 Å². The van der Waals surface area contributed by atoms with Gasteiger partial charge in [-0.2, -0.15) is 5.10 Å². The fourth-order valence-corrected chi connectivity index (χ4v) is 3.18. The molecule has 116 valence electrons. The van der Waals surface area contributed by atoms with Crippen LogP contribution < -0.4 is 5.32 Å². The van der Waals surface area contributed by atoms with E-state index in [-0.39, 0.29) is 23.1 Å². The summed E-state index contributed by atoms with van der Waals surface area (Å²) in [6, 6.07) is 6.13. The Kier molecular flexibility index (Phi) is 3.31. The zero-order valence-corrected chi connectivity index (χ0v) is 13.4. The van der Waals surface area contributed by atoms with Gasteiger partial charge in [0, 0.05) is 18.9 Å². The third-order valence-corrected chi connectivity index (χ3v) is 4.27. The molecule has 22 heavy (non-hydrogen) atoms. The third-order valence-electron chi connectivity index (χ3n) is 4.27. The Morgan fingerprint density at radius 3 is 2.64 bits per heavy atom. The lowest BCUT2D eigenvalue weighted by Gasteiger charge is -2.21. The molecule has 0 aliphatic carbocycles. The van der Waals surface area contributed by atoms with Gasteiger partial charge < -0.3 is 0 Å². The van der Waals surface area contributed by atoms with Crippen molar-refractivity contribution in [2.45, 2.75) is 44.9 Å². The fraction of sp³-hybridized carbons (Fsp3) is 0.471. The summed E-state index contributed by atoms with van der Waals surface area (Å²) in [4.78, 5) is 23.5. The first-order valence-electron chi connectivity index (χ1n) is 7.59. The van der Waals surface area contributed by atoms with Gasteiger partial charge in [-0.05, 0) is 17.4 Å². The number of fused-ring (bicyclic) bond motifs is 1. The van der Waals surface area contributed by atoms with Gasteiger partial charge in [0.15, 0.2) is 0 Å². The van der Waals surface area contributed by atoms with Gasteiger partial charge >= 0.3 is 0 Å². The van der Waals surface area contributed by atoms with Crippen molar-refractivity contribution in [3.8, 4) is 0 Å². The number of imide groups is 1. The molecular formula is C17H21N3O2. The number of hydrogen-bond donors (Lipinski definition) is 1. The van der Waals surface area contributed by atoms with Crippen molar-refractivity contribution in [3.05, 3.63) is 29.5 Å². The topological polar surface area (TPSA) is 64.0 Å². The number of amides is 2. The molecule has 1 saturated heterocycles. The number of aromatic nitrogens is 2. The Hall–Kier alpha value is -2.17. The highest BCUT2D eigenvalue weighted by Gasteiger charge is 2.32. The Labute approximate surface area is 129 Å². The molecule has 0 radical (unpaired) electrons. The van der Waals surface area contributed by atoms with Crippen LogP contribution in [0.2, 0.25) is 0 Å². The molecule has 1 aromatic carbocycles. The molecule has 2 aromatic rings. The minimum atomic E-state index is -0.350. The Balaban J connectivity index is 2.17. The number of benzene rings is 1. The maximum absolute atomic E-state index is 12.2. The third kappa shape index (κ3) is 2.30. The average molecular weight is 299 g/mol. The molecule has 1 aliphatic heterocycles. The summed E-state index contributed by atoms with van der Waals surface area (Å²) in [6.07, 6.45) is 0.893. The monoisotopic (exact) mass is 299 g/mol. The van der Waals surface area contributed by atoms with E-state index < -0.39 is 0 Å². The molecule has 0 saturated carbocycles. The second kappa shape index (κ2) is 4.93. The van der Waals surface area contributed by atoms with E-state index >= 15 is 0 Å². The fourth-order valence-electron chi connectivity index (χ4n) is 3.18. The van der Waals surface area contributed by atoms with Gasteiger partial charge in [0.1, 0.15) is 0 Å². The number of carbonyl (C=O) groups excluding carboxylic acids is 2. The SMILES string of the molecule is Cn1nc(C2CCC(=O)NC2=O)c2cccc(C(C)(C)C)c21. The summed E-state index contributed by atoms with van der Waals surface area (Å²) in [5.74, 6) is -0.786. The van der Waals surface area contributed by atoms with E-state index in [2.05, 4.69) is 37.3 Å². The van der Waals surface area contributed by atoms with Gasteiger partial charge in [0.25, 0.3) is 0 Å². The van der Waals surface area contributed by atoms with Crippen LogP contribution in [-0.2, 0) is 22.1 Å². The van der Waals surface area contributed by atoms with Crippen LogP contribution in [0.1, 0.15) is 50.8 Å². The maximum Gasteiger partial charge on any atom is 0.235 e. The first-order chi connectivity index (χ1) is 10.3. The highest BCUT2D eigenvalue weighted by molar-refractivity contribution is 6.02. The number of para-hydroxylation sites is 1. The van der Waals surface area contributed by atoms with Crippen molar-refractivity contribution in [1.29, 1.82) is 0 Å². The number of nitrogens with zero attached hydrogens (tertiary/aromatic N) is 2. The Bertz CT molecular complexity index is 768. The molecule has 0 spiro atoms. The number of rotatable bonds is 1. The molecule has 2 amide bonds. The van der Waals surface area contributed by atoms with Crippen LogP contribution >= 0.6 is 0 Å². The standard InChI is InChI=1S/C17H21N3O2/c1-17(2,3)12-7-5-6-10-14(19-20(4)15(10)12)11-8-9-13(21)18-16(11)22/h5-7,11H,8-9H2,1-4H3,(H,18,21,22). The van der Waals surface area contributed by atoms with Gasteiger partial charge in [-0.15, -0.1) is 0 Å². The average Bonchev–Trinajstić information content (AvgIpc) is 2.75. The van der Waals surface area contributed by atoms with Crippen molar-refractivity contribution in [2.75, 3.05) is 0 Å². The number of aryl methyl sites for hydroxylation is 1. The van der Waals surface area contributed by atoms with E-state index in [0.717, 1.165) is 16.6 Å². The molecule has 1 aromatic heterocycles. The highest BCUT2D eigenvalue weighted by Crippen LogP contribution is 2.35. The molecule has 1 aliphatic rings. The summed E-state index contributed by atoms with van der Waals surface area (Å²) in [5.41, 5.74) is 3.04. The second-order valence-corrected chi connectivity index (χ2v) is 6.96. The predicted octanol–water partition coefficient (Wildman–Crippen LogP) is 2.39. The van der Waals surface area contributed by atoms with Crippen LogP contribution in [0, 0.1) is 0 Å². The van der Waals surface area contributed by atoms with Crippen molar-refractivity contribution in [1.82, 2.24) is 15.1 Å². The van der Waals surface area contributed by atoms with E-state index in [1.807, 2.05) is 23.9 Å². The van der Waals surface area contributed by atoms with E-state index in [0.29, 0.717) is 12.8 Å². The number of piperidine rings is 1. The smallest absolute Gasteiger partial charge is 0.235 e. The van der Waals surface area contributed by atoms with E-state index in [1.54, 1.807) is 0 Å². The summed E-state index contributed by atoms with van der Waals surface area (Å²) in [5, 5.41) is 8.03. The molecule has 2 heterocycles. The predicted molar refractivity (Wildman–Crippen MR) is 84.5 cm³/mol. The van der Waals surface area contributed by atoms with Crippen molar-refractivity contribution in [2.24, 2.45) is 7.05 Å². The Morgan fingerprint density at radius 1 is 1.27 bits per heavy atom. The van der Waals surface area contributed by atoms with E-state index in [1.165, 1.54) is 5.56 Å². The molecule has 1 unspecified atom stereocenters. The quantitative estimate of drug-likeness (QED) is 0.822. The second-order valence-electron chi connectivity index (χ2n) is 6.96. The van der Waals surface area contributed by atoms with E-state index in [9.17, 15) is 9.59 Å². The molecular weight excluding hydrogens is 278 g/mol. The molecule has 5 heteroatoms. The lowest BCUT2D eigenvalue weighted by atomic mass is 9.84. The van der Waals surface area contributed by atoms with Crippen LogP contribution in [-0.4, -0.2) is 21.6 Å². The van der Waals surface area contributed by atoms with Gasteiger partial charge in [-0.3, -0.25) is 19.6 Å². The van der Waals surface area contributed by atoms with Crippen LogP contribution in [0.5, 0.6) is 0 Å². The van der Waals surface area contributed by atoms with Crippen LogP contribution in [0.3, 0.4) is 0 Å². The van der Waals surface area contributed by atoms with E-state index in [4.69, 9.17) is 0 Å². The summed E-state index contributed by atoms with van der Waals surface area (Å²) >= 11 is 0. The van der Waals surface area contributed by atoms with Crippen molar-refractivity contribution >= 4 is 22.7 Å². The zero-order valence-electron chi connectivity index (χ0n) is 13.4. The lowest BCUT2D eigenvalue weighted by molar-refractivity contribution is -0.134. The maximum atomic E-state index is 12.2. The summed E-state index contributed by atoms with van der Waals surface area (Å²) in [6.45, 7) is 6.50. The molecule has 0 bridgehead atoms. The molecule has 1 fully saturated rings. The number of nitrogens with one attached hydrogen (secondary N) is 1. The lowest BCUT2D eigenvalue weighted by Crippen LogP contribution is -2.39. The van der Waals surface area contributed by atoms with Crippen LogP contribution in [0.25, 0.3) is 10.9 Å². The molecule has 5 nitrogen and oxygen atoms in total. The van der Waals surface area contributed by atoms with Crippen LogP contribution in [0.4, 0.5) is 0 Å². The molecule has 1 atom stereocenters. The normalized spacial score (nSPS) is 19.5. The van der Waals surface area contributed by atoms with Crippen molar-refractivity contribution < 1.29 is 9.59 Å². The van der Waals surface area contributed by atoms with Crippen LogP contribution in [0.15, 0.2) is 18.2 Å². The number of carbonyl (C=O) groups is 2. The van der Waals surface area contributed by atoms with Gasteiger partial charge in [-0.25, -0.2) is 0 Å². The van der Waals surface area contributed by atoms with Crippen molar-refractivity contribution in [3.63, 3.8) is 0 Å².